The fourth-order valence-electron chi connectivity index (χ4n) is 3.64. The van der Waals surface area contributed by atoms with Gasteiger partial charge in [0.15, 0.2) is 16.8 Å². The number of methoxy groups -OCH3 is 1. The number of benzene rings is 3. The maximum atomic E-state index is 13.2. The summed E-state index contributed by atoms with van der Waals surface area (Å²) in [4.78, 5) is 24.4. The molecule has 35 heavy (non-hydrogen) atoms. The summed E-state index contributed by atoms with van der Waals surface area (Å²) < 4.78 is 7.51. The fraction of sp³-hybridized carbons (Fsp3) is 0.185. The Balaban J connectivity index is 1.68. The lowest BCUT2D eigenvalue weighted by atomic mass is 10.1. The van der Waals surface area contributed by atoms with Crippen LogP contribution in [0.2, 0.25) is 0 Å². The van der Waals surface area contributed by atoms with Crippen LogP contribution in [-0.4, -0.2) is 38.8 Å². The summed E-state index contributed by atoms with van der Waals surface area (Å²) in [6, 6.07) is 22.6. The van der Waals surface area contributed by atoms with Gasteiger partial charge in [0, 0.05) is 23.9 Å². The maximum absolute atomic E-state index is 13.2. The number of hydrogen-bond acceptors (Lipinski definition) is 6. The zero-order chi connectivity index (χ0) is 24.9. The van der Waals surface area contributed by atoms with Gasteiger partial charge in [-0.05, 0) is 62.4 Å². The van der Waals surface area contributed by atoms with Gasteiger partial charge in [-0.1, -0.05) is 41.6 Å². The third kappa shape index (κ3) is 5.44. The number of carbonyl (C=O) groups is 2. The Hall–Kier alpha value is -3.91. The molecule has 178 valence electrons. The van der Waals surface area contributed by atoms with Crippen LogP contribution in [0.15, 0.2) is 78.0 Å². The molecule has 4 aromatic rings. The minimum atomic E-state index is -0.416. The first-order valence-electron chi connectivity index (χ1n) is 11.1. The van der Waals surface area contributed by atoms with E-state index in [1.54, 1.807) is 31.4 Å². The Kier molecular flexibility index (Phi) is 7.31. The molecule has 0 fully saturated rings. The normalized spacial score (nSPS) is 11.7. The Labute approximate surface area is 208 Å². The second kappa shape index (κ2) is 10.6. The van der Waals surface area contributed by atoms with E-state index in [0.717, 1.165) is 16.8 Å². The van der Waals surface area contributed by atoms with Gasteiger partial charge >= 0.3 is 0 Å². The average molecular weight is 487 g/mol. The molecule has 4 rings (SSSR count). The van der Waals surface area contributed by atoms with Gasteiger partial charge in [-0.25, -0.2) is 0 Å². The topological polar surface area (TPSA) is 86.1 Å². The number of para-hydroxylation sites is 1. The smallest absolute Gasteiger partial charge is 0.221 e. The van der Waals surface area contributed by atoms with Crippen molar-refractivity contribution in [2.75, 3.05) is 12.4 Å². The summed E-state index contributed by atoms with van der Waals surface area (Å²) in [5, 5.41) is 11.8. The summed E-state index contributed by atoms with van der Waals surface area (Å²) in [5.41, 5.74) is 4.05. The average Bonchev–Trinajstić information content (AvgIpc) is 3.27. The van der Waals surface area contributed by atoms with Crippen molar-refractivity contribution in [3.8, 4) is 22.8 Å². The van der Waals surface area contributed by atoms with Crippen molar-refractivity contribution >= 4 is 29.1 Å². The fourth-order valence-corrected chi connectivity index (χ4v) is 4.59. The largest absolute Gasteiger partial charge is 0.496 e. The van der Waals surface area contributed by atoms with Crippen molar-refractivity contribution in [3.05, 3.63) is 83.9 Å². The van der Waals surface area contributed by atoms with Crippen molar-refractivity contribution in [2.45, 2.75) is 31.2 Å². The van der Waals surface area contributed by atoms with Gasteiger partial charge in [-0.3, -0.25) is 14.2 Å². The number of carbonyl (C=O) groups excluding carboxylic acids is 2. The maximum Gasteiger partial charge on any atom is 0.221 e. The number of hydrogen-bond donors (Lipinski definition) is 1. The lowest BCUT2D eigenvalue weighted by Gasteiger charge is -2.15. The van der Waals surface area contributed by atoms with Crippen molar-refractivity contribution in [1.29, 1.82) is 0 Å². The SMILES string of the molecule is COc1ccccc1-c1nnc(SC(C)C(=O)c2ccc(NC(C)=O)cc2)n1-c1ccc(C)cc1. The molecule has 0 radical (unpaired) electrons. The van der Waals surface area contributed by atoms with Crippen LogP contribution >= 0.6 is 11.8 Å². The Morgan fingerprint density at radius 3 is 2.31 bits per heavy atom. The molecule has 0 aliphatic heterocycles. The van der Waals surface area contributed by atoms with Crippen molar-refractivity contribution < 1.29 is 14.3 Å². The predicted octanol–water partition coefficient (Wildman–Crippen LogP) is 5.57. The number of nitrogens with zero attached hydrogens (tertiary/aromatic N) is 3. The molecule has 1 heterocycles. The first-order chi connectivity index (χ1) is 16.9. The van der Waals surface area contributed by atoms with Gasteiger partial charge in [-0.15, -0.1) is 10.2 Å². The number of thioether (sulfide) groups is 1. The van der Waals surface area contributed by atoms with Crippen LogP contribution in [0.1, 0.15) is 29.8 Å². The van der Waals surface area contributed by atoms with Crippen LogP contribution in [0, 0.1) is 6.92 Å². The number of ketones is 1. The first kappa shape index (κ1) is 24.2. The summed E-state index contributed by atoms with van der Waals surface area (Å²) in [5.74, 6) is 1.12. The van der Waals surface area contributed by atoms with Crippen molar-refractivity contribution in [3.63, 3.8) is 0 Å². The van der Waals surface area contributed by atoms with E-state index in [-0.39, 0.29) is 11.7 Å². The van der Waals surface area contributed by atoms with E-state index < -0.39 is 5.25 Å². The van der Waals surface area contributed by atoms with Crippen LogP contribution in [0.5, 0.6) is 5.75 Å². The highest BCUT2D eigenvalue weighted by Gasteiger charge is 2.24. The van der Waals surface area contributed by atoms with E-state index in [2.05, 4.69) is 15.5 Å². The molecular weight excluding hydrogens is 460 g/mol. The van der Waals surface area contributed by atoms with Gasteiger partial charge in [0.1, 0.15) is 5.75 Å². The minimum Gasteiger partial charge on any atom is -0.496 e. The Morgan fingerprint density at radius 1 is 0.971 bits per heavy atom. The molecule has 0 saturated carbocycles. The molecule has 1 unspecified atom stereocenters. The highest BCUT2D eigenvalue weighted by molar-refractivity contribution is 8.00. The lowest BCUT2D eigenvalue weighted by molar-refractivity contribution is -0.114. The molecule has 0 aliphatic carbocycles. The van der Waals surface area contributed by atoms with Crippen molar-refractivity contribution in [1.82, 2.24) is 14.8 Å². The number of Topliss-reactive ketones (excluding diaryl/α,β-unsaturated/α-hetero) is 1. The molecule has 1 N–H and O–H groups in total. The summed E-state index contributed by atoms with van der Waals surface area (Å²) in [6.07, 6.45) is 0. The van der Waals surface area contributed by atoms with Crippen LogP contribution in [0.3, 0.4) is 0 Å². The molecule has 1 aromatic heterocycles. The zero-order valence-electron chi connectivity index (χ0n) is 20.0. The Bertz CT molecular complexity index is 1350. The summed E-state index contributed by atoms with van der Waals surface area (Å²) in [6.45, 7) is 5.33. The number of aromatic nitrogens is 3. The van der Waals surface area contributed by atoms with E-state index in [1.807, 2.05) is 66.9 Å². The highest BCUT2D eigenvalue weighted by Crippen LogP contribution is 2.35. The molecular formula is C27H26N4O3S. The minimum absolute atomic E-state index is 0.0401. The lowest BCUT2D eigenvalue weighted by Crippen LogP contribution is -2.15. The van der Waals surface area contributed by atoms with Crippen LogP contribution in [-0.2, 0) is 4.79 Å². The molecule has 1 atom stereocenters. The van der Waals surface area contributed by atoms with Gasteiger partial charge in [0.2, 0.25) is 5.91 Å². The second-order valence-corrected chi connectivity index (χ2v) is 9.37. The van der Waals surface area contributed by atoms with Gasteiger partial charge in [-0.2, -0.15) is 0 Å². The van der Waals surface area contributed by atoms with E-state index >= 15 is 0 Å². The number of ether oxygens (including phenoxy) is 1. The Morgan fingerprint density at radius 2 is 1.66 bits per heavy atom. The molecule has 0 spiro atoms. The van der Waals surface area contributed by atoms with Crippen LogP contribution in [0.25, 0.3) is 17.1 Å². The van der Waals surface area contributed by atoms with E-state index in [4.69, 9.17) is 4.74 Å². The van der Waals surface area contributed by atoms with E-state index in [1.165, 1.54) is 18.7 Å². The molecule has 1 amide bonds. The molecule has 3 aromatic carbocycles. The quantitative estimate of drug-likeness (QED) is 0.259. The predicted molar refractivity (Wildman–Crippen MR) is 138 cm³/mol. The number of nitrogens with one attached hydrogen (secondary N) is 1. The van der Waals surface area contributed by atoms with Gasteiger partial charge < -0.3 is 10.1 Å². The number of rotatable bonds is 8. The summed E-state index contributed by atoms with van der Waals surface area (Å²) >= 11 is 1.35. The molecule has 0 bridgehead atoms. The van der Waals surface area contributed by atoms with E-state index in [0.29, 0.717) is 28.0 Å². The molecule has 0 aliphatic rings. The number of aryl methyl sites for hydroxylation is 1. The van der Waals surface area contributed by atoms with E-state index in [9.17, 15) is 9.59 Å². The number of amides is 1. The highest BCUT2D eigenvalue weighted by atomic mass is 32.2. The summed E-state index contributed by atoms with van der Waals surface area (Å²) in [7, 11) is 1.62. The zero-order valence-corrected chi connectivity index (χ0v) is 20.8. The molecule has 7 nitrogen and oxygen atoms in total. The van der Waals surface area contributed by atoms with Gasteiger partial charge in [0.25, 0.3) is 0 Å². The molecule has 8 heteroatoms. The van der Waals surface area contributed by atoms with Crippen LogP contribution in [0.4, 0.5) is 5.69 Å². The van der Waals surface area contributed by atoms with Gasteiger partial charge in [0.05, 0.1) is 17.9 Å². The second-order valence-electron chi connectivity index (χ2n) is 8.06. The third-order valence-electron chi connectivity index (χ3n) is 5.41. The third-order valence-corrected chi connectivity index (χ3v) is 6.46. The van der Waals surface area contributed by atoms with Crippen molar-refractivity contribution in [2.24, 2.45) is 0 Å². The standard InChI is InChI=1S/C27H26N4O3S/c1-17-9-15-22(16-10-17)31-26(23-7-5-6-8-24(23)34-4)29-30-27(31)35-18(2)25(33)20-11-13-21(14-12-20)28-19(3)32/h5-16,18H,1-4H3,(H,28,32). The number of anilines is 1. The monoisotopic (exact) mass is 486 g/mol. The first-order valence-corrected chi connectivity index (χ1v) is 12.0. The van der Waals surface area contributed by atoms with Crippen LogP contribution < -0.4 is 10.1 Å². The molecule has 0 saturated heterocycles.